The molecule has 2 fully saturated rings. The molecule has 2 N–H and O–H groups in total. The van der Waals surface area contributed by atoms with Gasteiger partial charge in [-0.2, -0.15) is 0 Å². The van der Waals surface area contributed by atoms with Gasteiger partial charge in [0.05, 0.1) is 18.3 Å². The highest BCUT2D eigenvalue weighted by Crippen LogP contribution is 2.26. The van der Waals surface area contributed by atoms with E-state index in [1.165, 1.54) is 12.8 Å². The monoisotopic (exact) mass is 243 g/mol. The van der Waals surface area contributed by atoms with Gasteiger partial charge in [0.25, 0.3) is 0 Å². The Morgan fingerprint density at radius 1 is 1.18 bits per heavy atom. The summed E-state index contributed by atoms with van der Waals surface area (Å²) in [6.07, 6.45) is 7.93. The van der Waals surface area contributed by atoms with Crippen molar-refractivity contribution in [3.63, 3.8) is 0 Å². The van der Waals surface area contributed by atoms with Crippen molar-refractivity contribution in [2.45, 2.75) is 56.7 Å². The van der Waals surface area contributed by atoms with Gasteiger partial charge < -0.3 is 19.9 Å². The molecule has 0 amide bonds. The SMILES string of the molecule is OC1(CNCC2CCOCO2)CCCCCC1. The van der Waals surface area contributed by atoms with Gasteiger partial charge in [-0.1, -0.05) is 25.7 Å². The fourth-order valence-electron chi connectivity index (χ4n) is 2.69. The summed E-state index contributed by atoms with van der Waals surface area (Å²) in [5.41, 5.74) is -0.484. The average Bonchev–Trinajstić information content (AvgIpc) is 2.56. The Kier molecular flexibility index (Phi) is 5.22. The molecular weight excluding hydrogens is 218 g/mol. The Morgan fingerprint density at radius 2 is 1.94 bits per heavy atom. The van der Waals surface area contributed by atoms with Crippen molar-refractivity contribution < 1.29 is 14.6 Å². The second-order valence-electron chi connectivity index (χ2n) is 5.37. The summed E-state index contributed by atoms with van der Waals surface area (Å²) in [6, 6.07) is 0. The quantitative estimate of drug-likeness (QED) is 0.733. The van der Waals surface area contributed by atoms with Crippen LogP contribution >= 0.6 is 0 Å². The van der Waals surface area contributed by atoms with Gasteiger partial charge in [-0.25, -0.2) is 0 Å². The Balaban J connectivity index is 1.65. The van der Waals surface area contributed by atoms with Crippen molar-refractivity contribution in [1.82, 2.24) is 5.32 Å². The van der Waals surface area contributed by atoms with E-state index < -0.39 is 5.60 Å². The molecule has 1 saturated heterocycles. The fourth-order valence-corrected chi connectivity index (χ4v) is 2.69. The topological polar surface area (TPSA) is 50.7 Å². The number of nitrogens with one attached hydrogen (secondary N) is 1. The third-order valence-electron chi connectivity index (χ3n) is 3.83. The van der Waals surface area contributed by atoms with E-state index in [0.717, 1.165) is 45.3 Å². The lowest BCUT2D eigenvalue weighted by Crippen LogP contribution is -2.44. The van der Waals surface area contributed by atoms with Crippen LogP contribution in [0.1, 0.15) is 44.9 Å². The lowest BCUT2D eigenvalue weighted by Gasteiger charge is -2.29. The van der Waals surface area contributed by atoms with Gasteiger partial charge in [0, 0.05) is 13.1 Å². The average molecular weight is 243 g/mol. The molecule has 1 saturated carbocycles. The number of hydrogen-bond acceptors (Lipinski definition) is 4. The largest absolute Gasteiger partial charge is 0.389 e. The molecule has 1 aliphatic carbocycles. The van der Waals surface area contributed by atoms with Crippen LogP contribution in [0.15, 0.2) is 0 Å². The van der Waals surface area contributed by atoms with Gasteiger partial charge in [-0.05, 0) is 19.3 Å². The molecule has 100 valence electrons. The highest BCUT2D eigenvalue weighted by Gasteiger charge is 2.27. The van der Waals surface area contributed by atoms with Crippen molar-refractivity contribution in [3.05, 3.63) is 0 Å². The molecule has 0 aromatic carbocycles. The van der Waals surface area contributed by atoms with Crippen molar-refractivity contribution in [2.75, 3.05) is 26.5 Å². The zero-order valence-electron chi connectivity index (χ0n) is 10.6. The maximum atomic E-state index is 10.5. The normalized spacial score (nSPS) is 29.8. The summed E-state index contributed by atoms with van der Waals surface area (Å²) in [5, 5.41) is 13.8. The van der Waals surface area contributed by atoms with Crippen LogP contribution in [0.5, 0.6) is 0 Å². The van der Waals surface area contributed by atoms with Crippen LogP contribution in [0.2, 0.25) is 0 Å². The van der Waals surface area contributed by atoms with Crippen molar-refractivity contribution in [2.24, 2.45) is 0 Å². The second kappa shape index (κ2) is 6.69. The Bertz CT molecular complexity index is 209. The highest BCUT2D eigenvalue weighted by atomic mass is 16.7. The van der Waals surface area contributed by atoms with Gasteiger partial charge in [-0.15, -0.1) is 0 Å². The Hall–Kier alpha value is -0.160. The fraction of sp³-hybridized carbons (Fsp3) is 1.00. The van der Waals surface area contributed by atoms with E-state index in [1.807, 2.05) is 0 Å². The smallest absolute Gasteiger partial charge is 0.147 e. The summed E-state index contributed by atoms with van der Waals surface area (Å²) >= 11 is 0. The van der Waals surface area contributed by atoms with Crippen molar-refractivity contribution >= 4 is 0 Å². The maximum Gasteiger partial charge on any atom is 0.147 e. The van der Waals surface area contributed by atoms with E-state index in [9.17, 15) is 5.11 Å². The molecule has 4 nitrogen and oxygen atoms in total. The summed E-state index contributed by atoms with van der Waals surface area (Å²) in [4.78, 5) is 0. The number of ether oxygens (including phenoxy) is 2. The summed E-state index contributed by atoms with van der Waals surface area (Å²) < 4.78 is 10.6. The minimum atomic E-state index is -0.484. The molecular formula is C13H25NO3. The van der Waals surface area contributed by atoms with Crippen LogP contribution in [-0.2, 0) is 9.47 Å². The first kappa shape index (κ1) is 13.3. The van der Waals surface area contributed by atoms with Crippen molar-refractivity contribution in [3.8, 4) is 0 Å². The molecule has 1 unspecified atom stereocenters. The number of aliphatic hydroxyl groups is 1. The third kappa shape index (κ3) is 4.54. The molecule has 4 heteroatoms. The van der Waals surface area contributed by atoms with E-state index in [1.54, 1.807) is 0 Å². The summed E-state index contributed by atoms with van der Waals surface area (Å²) in [6.45, 7) is 2.73. The standard InChI is InChI=1S/C13H25NO3/c15-13(6-3-1-2-4-7-13)10-14-9-12-5-8-16-11-17-12/h12,14-15H,1-11H2. The van der Waals surface area contributed by atoms with E-state index >= 15 is 0 Å². The van der Waals surface area contributed by atoms with Gasteiger partial charge in [0.15, 0.2) is 0 Å². The number of rotatable bonds is 4. The lowest BCUT2D eigenvalue weighted by atomic mass is 9.94. The van der Waals surface area contributed by atoms with E-state index in [4.69, 9.17) is 9.47 Å². The number of hydrogen-bond donors (Lipinski definition) is 2. The molecule has 0 aromatic heterocycles. The molecule has 1 aliphatic heterocycles. The van der Waals surface area contributed by atoms with Crippen LogP contribution in [0.25, 0.3) is 0 Å². The molecule has 0 bridgehead atoms. The van der Waals surface area contributed by atoms with E-state index in [2.05, 4.69) is 5.32 Å². The van der Waals surface area contributed by atoms with E-state index in [-0.39, 0.29) is 6.10 Å². The third-order valence-corrected chi connectivity index (χ3v) is 3.83. The van der Waals surface area contributed by atoms with E-state index in [0.29, 0.717) is 13.3 Å². The minimum absolute atomic E-state index is 0.248. The molecule has 2 aliphatic rings. The molecule has 0 aromatic rings. The Morgan fingerprint density at radius 3 is 2.59 bits per heavy atom. The van der Waals surface area contributed by atoms with Crippen molar-refractivity contribution in [1.29, 1.82) is 0 Å². The van der Waals surface area contributed by atoms with Gasteiger partial charge in [0.2, 0.25) is 0 Å². The maximum absolute atomic E-state index is 10.5. The van der Waals surface area contributed by atoms with Gasteiger partial charge in [0.1, 0.15) is 6.79 Å². The molecule has 0 radical (unpaired) electrons. The van der Waals surface area contributed by atoms with Crippen LogP contribution in [0, 0.1) is 0 Å². The predicted molar refractivity (Wildman–Crippen MR) is 65.8 cm³/mol. The molecule has 1 heterocycles. The zero-order chi connectivity index (χ0) is 12.0. The zero-order valence-corrected chi connectivity index (χ0v) is 10.6. The van der Waals surface area contributed by atoms with Gasteiger partial charge in [-0.3, -0.25) is 0 Å². The van der Waals surface area contributed by atoms with Crippen LogP contribution in [-0.4, -0.2) is 43.3 Å². The first-order valence-corrected chi connectivity index (χ1v) is 6.91. The molecule has 0 spiro atoms. The second-order valence-corrected chi connectivity index (χ2v) is 5.37. The van der Waals surface area contributed by atoms with Crippen LogP contribution in [0.3, 0.4) is 0 Å². The highest BCUT2D eigenvalue weighted by molar-refractivity contribution is 4.83. The molecule has 2 rings (SSSR count). The predicted octanol–water partition coefficient (Wildman–Crippen LogP) is 1.42. The van der Waals surface area contributed by atoms with Crippen LogP contribution < -0.4 is 5.32 Å². The minimum Gasteiger partial charge on any atom is -0.389 e. The summed E-state index contributed by atoms with van der Waals surface area (Å²) in [5.74, 6) is 0. The lowest BCUT2D eigenvalue weighted by molar-refractivity contribution is -0.137. The summed E-state index contributed by atoms with van der Waals surface area (Å²) in [7, 11) is 0. The Labute approximate surface area is 104 Å². The first-order valence-electron chi connectivity index (χ1n) is 6.91. The van der Waals surface area contributed by atoms with Crippen LogP contribution in [0.4, 0.5) is 0 Å². The molecule has 17 heavy (non-hydrogen) atoms. The molecule has 1 atom stereocenters. The first-order chi connectivity index (χ1) is 8.29. The van der Waals surface area contributed by atoms with Gasteiger partial charge >= 0.3 is 0 Å².